The Hall–Kier alpha value is -0.220. The van der Waals surface area contributed by atoms with Crippen LogP contribution in [0.2, 0.25) is 0 Å². The van der Waals surface area contributed by atoms with Gasteiger partial charge in [-0.15, -0.1) is 0 Å². The molecule has 3 heterocycles. The number of nitrogens with zero attached hydrogens (tertiary/aromatic N) is 1. The molecular formula is C14H23NO2S. The maximum atomic E-state index is 10.9. The summed E-state index contributed by atoms with van der Waals surface area (Å²) in [5, 5.41) is 8.96. The molecule has 0 amide bonds. The Kier molecular flexibility index (Phi) is 3.85. The number of hydrogen-bond acceptors (Lipinski definition) is 3. The van der Waals surface area contributed by atoms with Gasteiger partial charge >= 0.3 is 5.97 Å². The standard InChI is InChI=1S/C14H23NO2S/c16-14(17)8-10-6-11-3-4-12(7-10)15(11)13-2-1-5-18-9-13/h10-13H,1-9H2,(H,16,17). The normalized spacial score (nSPS) is 40.9. The number of carboxylic acids is 1. The molecule has 3 rings (SSSR count). The van der Waals surface area contributed by atoms with Crippen LogP contribution in [0.4, 0.5) is 0 Å². The van der Waals surface area contributed by atoms with Crippen LogP contribution in [0.5, 0.6) is 0 Å². The van der Waals surface area contributed by atoms with Gasteiger partial charge in [0.25, 0.3) is 0 Å². The summed E-state index contributed by atoms with van der Waals surface area (Å²) in [4.78, 5) is 13.6. The topological polar surface area (TPSA) is 40.5 Å². The smallest absolute Gasteiger partial charge is 0.303 e. The van der Waals surface area contributed by atoms with Crippen LogP contribution in [0.1, 0.15) is 44.9 Å². The molecule has 1 N–H and O–H groups in total. The molecule has 0 aromatic carbocycles. The molecule has 3 saturated heterocycles. The number of aliphatic carboxylic acids is 1. The van der Waals surface area contributed by atoms with Crippen LogP contribution in [0.3, 0.4) is 0 Å². The van der Waals surface area contributed by atoms with Gasteiger partial charge in [0.05, 0.1) is 0 Å². The number of carboxylic acid groups (broad SMARTS) is 1. The van der Waals surface area contributed by atoms with Crippen LogP contribution in [-0.2, 0) is 4.79 Å². The van der Waals surface area contributed by atoms with E-state index in [1.807, 2.05) is 0 Å². The minimum atomic E-state index is -0.610. The van der Waals surface area contributed by atoms with E-state index in [1.165, 1.54) is 37.2 Å². The van der Waals surface area contributed by atoms with E-state index in [1.54, 1.807) is 0 Å². The maximum absolute atomic E-state index is 10.9. The summed E-state index contributed by atoms with van der Waals surface area (Å²) in [5.74, 6) is 2.46. The zero-order chi connectivity index (χ0) is 12.5. The summed E-state index contributed by atoms with van der Waals surface area (Å²) in [5.41, 5.74) is 0. The first-order chi connectivity index (χ1) is 8.74. The first kappa shape index (κ1) is 12.8. The van der Waals surface area contributed by atoms with E-state index in [2.05, 4.69) is 16.7 Å². The molecule has 3 unspecified atom stereocenters. The second-order valence-corrected chi connectivity index (χ2v) is 7.29. The molecule has 0 saturated carbocycles. The third-order valence-corrected chi connectivity index (χ3v) is 6.11. The maximum Gasteiger partial charge on any atom is 0.303 e. The summed E-state index contributed by atoms with van der Waals surface area (Å²) in [6.45, 7) is 0. The molecule has 3 aliphatic heterocycles. The summed E-state index contributed by atoms with van der Waals surface area (Å²) in [7, 11) is 0. The van der Waals surface area contributed by atoms with Crippen LogP contribution in [0.25, 0.3) is 0 Å². The third kappa shape index (κ3) is 2.55. The summed E-state index contributed by atoms with van der Waals surface area (Å²) in [6.07, 6.45) is 7.99. The van der Waals surface area contributed by atoms with Crippen LogP contribution < -0.4 is 0 Å². The highest BCUT2D eigenvalue weighted by atomic mass is 32.2. The molecule has 3 nitrogen and oxygen atoms in total. The van der Waals surface area contributed by atoms with Gasteiger partial charge in [-0.1, -0.05) is 0 Å². The molecule has 4 heteroatoms. The fraction of sp³-hybridized carbons (Fsp3) is 0.929. The lowest BCUT2D eigenvalue weighted by atomic mass is 9.87. The van der Waals surface area contributed by atoms with E-state index in [0.29, 0.717) is 24.4 Å². The van der Waals surface area contributed by atoms with Crippen molar-refractivity contribution in [2.45, 2.75) is 63.1 Å². The second-order valence-electron chi connectivity index (χ2n) is 6.14. The highest BCUT2D eigenvalue weighted by Gasteiger charge is 2.44. The van der Waals surface area contributed by atoms with Gasteiger partial charge in [0.2, 0.25) is 0 Å². The average molecular weight is 269 g/mol. The molecule has 0 aliphatic carbocycles. The molecule has 18 heavy (non-hydrogen) atoms. The van der Waals surface area contributed by atoms with Crippen molar-refractivity contribution in [1.29, 1.82) is 0 Å². The van der Waals surface area contributed by atoms with Gasteiger partial charge < -0.3 is 5.11 Å². The van der Waals surface area contributed by atoms with E-state index in [0.717, 1.165) is 18.9 Å². The summed E-state index contributed by atoms with van der Waals surface area (Å²) < 4.78 is 0. The number of thioether (sulfide) groups is 1. The molecular weight excluding hydrogens is 246 g/mol. The second kappa shape index (κ2) is 5.41. The Balaban J connectivity index is 1.63. The van der Waals surface area contributed by atoms with Gasteiger partial charge in [0.15, 0.2) is 0 Å². The van der Waals surface area contributed by atoms with E-state index in [4.69, 9.17) is 5.11 Å². The summed E-state index contributed by atoms with van der Waals surface area (Å²) in [6, 6.07) is 2.17. The van der Waals surface area contributed by atoms with Crippen LogP contribution in [0.15, 0.2) is 0 Å². The van der Waals surface area contributed by atoms with E-state index in [9.17, 15) is 4.79 Å². The fourth-order valence-corrected chi connectivity index (χ4v) is 5.44. The van der Waals surface area contributed by atoms with E-state index in [-0.39, 0.29) is 0 Å². The van der Waals surface area contributed by atoms with Crippen LogP contribution in [-0.4, -0.2) is 45.6 Å². The molecule has 102 valence electrons. The van der Waals surface area contributed by atoms with Crippen LogP contribution >= 0.6 is 11.8 Å². The van der Waals surface area contributed by atoms with Gasteiger partial charge in [-0.05, 0) is 50.2 Å². The summed E-state index contributed by atoms with van der Waals surface area (Å²) >= 11 is 2.10. The highest BCUT2D eigenvalue weighted by molar-refractivity contribution is 7.99. The minimum absolute atomic E-state index is 0.389. The molecule has 2 bridgehead atoms. The Morgan fingerprint density at radius 2 is 1.89 bits per heavy atom. The Labute approximate surface area is 113 Å². The molecule has 3 fully saturated rings. The molecule has 0 aromatic heterocycles. The van der Waals surface area contributed by atoms with E-state index >= 15 is 0 Å². The molecule has 0 radical (unpaired) electrons. The van der Waals surface area contributed by atoms with Crippen molar-refractivity contribution in [3.8, 4) is 0 Å². The van der Waals surface area contributed by atoms with Crippen molar-refractivity contribution in [3.05, 3.63) is 0 Å². The predicted octanol–water partition coefficient (Wildman–Crippen LogP) is 2.60. The van der Waals surface area contributed by atoms with E-state index < -0.39 is 5.97 Å². The molecule has 3 aliphatic rings. The quantitative estimate of drug-likeness (QED) is 0.855. The van der Waals surface area contributed by atoms with Gasteiger partial charge in [0, 0.05) is 30.3 Å². The van der Waals surface area contributed by atoms with Gasteiger partial charge in [-0.25, -0.2) is 0 Å². The van der Waals surface area contributed by atoms with Crippen molar-refractivity contribution < 1.29 is 9.90 Å². The van der Waals surface area contributed by atoms with Crippen molar-refractivity contribution in [2.75, 3.05) is 11.5 Å². The SMILES string of the molecule is O=C(O)CC1CC2CCC(C1)N2C1CCCSC1. The zero-order valence-corrected chi connectivity index (χ0v) is 11.7. The Morgan fingerprint density at radius 3 is 2.44 bits per heavy atom. The third-order valence-electron chi connectivity index (χ3n) is 4.91. The molecule has 0 spiro atoms. The highest BCUT2D eigenvalue weighted by Crippen LogP contribution is 2.42. The number of carbonyl (C=O) groups is 1. The van der Waals surface area contributed by atoms with Gasteiger partial charge in [-0.2, -0.15) is 11.8 Å². The zero-order valence-electron chi connectivity index (χ0n) is 10.9. The van der Waals surface area contributed by atoms with Crippen molar-refractivity contribution in [1.82, 2.24) is 4.90 Å². The first-order valence-electron chi connectivity index (χ1n) is 7.31. The molecule has 3 atom stereocenters. The lowest BCUT2D eigenvalue weighted by Gasteiger charge is -2.44. The predicted molar refractivity (Wildman–Crippen MR) is 74.0 cm³/mol. The number of piperidine rings is 1. The minimum Gasteiger partial charge on any atom is -0.481 e. The lowest BCUT2D eigenvalue weighted by molar-refractivity contribution is -0.138. The number of fused-ring (bicyclic) bond motifs is 2. The van der Waals surface area contributed by atoms with Crippen LogP contribution in [0, 0.1) is 5.92 Å². The average Bonchev–Trinajstić information content (AvgIpc) is 2.62. The van der Waals surface area contributed by atoms with Gasteiger partial charge in [0.1, 0.15) is 0 Å². The fourth-order valence-electron chi connectivity index (χ4n) is 4.29. The Morgan fingerprint density at radius 1 is 1.17 bits per heavy atom. The first-order valence-corrected chi connectivity index (χ1v) is 8.46. The van der Waals surface area contributed by atoms with Crippen molar-refractivity contribution >= 4 is 17.7 Å². The van der Waals surface area contributed by atoms with Crippen molar-refractivity contribution in [3.63, 3.8) is 0 Å². The van der Waals surface area contributed by atoms with Crippen molar-refractivity contribution in [2.24, 2.45) is 5.92 Å². The van der Waals surface area contributed by atoms with Gasteiger partial charge in [-0.3, -0.25) is 9.69 Å². The Bertz CT molecular complexity index is 303. The number of rotatable bonds is 3. The molecule has 0 aromatic rings. The lowest BCUT2D eigenvalue weighted by Crippen LogP contribution is -2.50. The number of hydrogen-bond donors (Lipinski definition) is 1. The monoisotopic (exact) mass is 269 g/mol. The largest absolute Gasteiger partial charge is 0.481 e.